The second-order valence-corrected chi connectivity index (χ2v) is 6.75. The van der Waals surface area contributed by atoms with E-state index in [1.54, 1.807) is 6.07 Å². The molecule has 4 nitrogen and oxygen atoms in total. The molecule has 2 aromatic carbocycles. The molecule has 1 unspecified atom stereocenters. The summed E-state index contributed by atoms with van der Waals surface area (Å²) in [6.45, 7) is 6.45. The SMILES string of the molecule is Cc1ccc(CNC(=O)COc2ccc(C)c3c2C(=O)CC3C)cc1. The van der Waals surface area contributed by atoms with E-state index in [2.05, 4.69) is 12.2 Å². The zero-order valence-corrected chi connectivity index (χ0v) is 14.9. The Hall–Kier alpha value is -2.62. The molecule has 2 aromatic rings. The molecule has 0 radical (unpaired) electrons. The zero-order chi connectivity index (χ0) is 18.0. The first-order valence-electron chi connectivity index (χ1n) is 8.57. The van der Waals surface area contributed by atoms with Crippen molar-refractivity contribution < 1.29 is 14.3 Å². The van der Waals surface area contributed by atoms with Gasteiger partial charge >= 0.3 is 0 Å². The van der Waals surface area contributed by atoms with Crippen molar-refractivity contribution in [3.63, 3.8) is 0 Å². The number of fused-ring (bicyclic) bond motifs is 1. The maximum Gasteiger partial charge on any atom is 0.258 e. The van der Waals surface area contributed by atoms with Crippen LogP contribution in [-0.2, 0) is 11.3 Å². The van der Waals surface area contributed by atoms with Gasteiger partial charge in [-0.05, 0) is 42.5 Å². The molecule has 1 atom stereocenters. The first kappa shape index (κ1) is 17.2. The fourth-order valence-corrected chi connectivity index (χ4v) is 3.33. The number of aryl methyl sites for hydroxylation is 2. The van der Waals surface area contributed by atoms with Crippen LogP contribution in [0, 0.1) is 13.8 Å². The molecule has 1 aliphatic rings. The average Bonchev–Trinajstić information content (AvgIpc) is 2.89. The molecule has 0 aromatic heterocycles. The predicted octanol–water partition coefficient (Wildman–Crippen LogP) is 3.69. The summed E-state index contributed by atoms with van der Waals surface area (Å²) >= 11 is 0. The second kappa shape index (κ2) is 7.09. The highest BCUT2D eigenvalue weighted by atomic mass is 16.5. The number of nitrogens with one attached hydrogen (secondary N) is 1. The summed E-state index contributed by atoms with van der Waals surface area (Å²) < 4.78 is 5.66. The van der Waals surface area contributed by atoms with Gasteiger partial charge in [-0.25, -0.2) is 0 Å². The molecular formula is C21H23NO3. The van der Waals surface area contributed by atoms with Crippen LogP contribution in [-0.4, -0.2) is 18.3 Å². The number of benzene rings is 2. The second-order valence-electron chi connectivity index (χ2n) is 6.75. The Bertz CT molecular complexity index is 809. The monoisotopic (exact) mass is 337 g/mol. The minimum Gasteiger partial charge on any atom is -0.483 e. The summed E-state index contributed by atoms with van der Waals surface area (Å²) in [5, 5.41) is 2.84. The highest BCUT2D eigenvalue weighted by Gasteiger charge is 2.31. The summed E-state index contributed by atoms with van der Waals surface area (Å²) in [6, 6.07) is 11.7. The molecule has 1 aliphatic carbocycles. The first-order valence-corrected chi connectivity index (χ1v) is 8.57. The van der Waals surface area contributed by atoms with Gasteiger partial charge in [0.25, 0.3) is 5.91 Å². The number of carbonyl (C=O) groups excluding carboxylic acids is 2. The molecular weight excluding hydrogens is 314 g/mol. The number of carbonyl (C=O) groups is 2. The number of amides is 1. The normalized spacial score (nSPS) is 15.8. The van der Waals surface area contributed by atoms with Crippen LogP contribution in [0.25, 0.3) is 0 Å². The number of hydrogen-bond acceptors (Lipinski definition) is 3. The van der Waals surface area contributed by atoms with Crippen LogP contribution in [0.15, 0.2) is 36.4 Å². The lowest BCUT2D eigenvalue weighted by Crippen LogP contribution is -2.28. The summed E-state index contributed by atoms with van der Waals surface area (Å²) in [5.41, 5.74) is 5.04. The van der Waals surface area contributed by atoms with Gasteiger partial charge in [-0.1, -0.05) is 42.8 Å². The van der Waals surface area contributed by atoms with Gasteiger partial charge in [-0.15, -0.1) is 0 Å². The third-order valence-corrected chi connectivity index (χ3v) is 4.66. The van der Waals surface area contributed by atoms with Gasteiger partial charge in [0.1, 0.15) is 5.75 Å². The Morgan fingerprint density at radius 3 is 2.60 bits per heavy atom. The van der Waals surface area contributed by atoms with Crippen LogP contribution in [0.2, 0.25) is 0 Å². The Balaban J connectivity index is 1.61. The molecule has 1 N–H and O–H groups in total. The van der Waals surface area contributed by atoms with Crippen molar-refractivity contribution in [1.29, 1.82) is 0 Å². The topological polar surface area (TPSA) is 55.4 Å². The Morgan fingerprint density at radius 1 is 1.16 bits per heavy atom. The zero-order valence-electron chi connectivity index (χ0n) is 14.9. The van der Waals surface area contributed by atoms with Gasteiger partial charge < -0.3 is 10.1 Å². The van der Waals surface area contributed by atoms with Crippen molar-refractivity contribution in [2.24, 2.45) is 0 Å². The largest absolute Gasteiger partial charge is 0.483 e. The maximum atomic E-state index is 12.3. The molecule has 0 fully saturated rings. The lowest BCUT2D eigenvalue weighted by atomic mass is 9.97. The van der Waals surface area contributed by atoms with Gasteiger partial charge in [-0.2, -0.15) is 0 Å². The highest BCUT2D eigenvalue weighted by Crippen LogP contribution is 2.40. The molecule has 4 heteroatoms. The summed E-state index contributed by atoms with van der Waals surface area (Å²) in [6.07, 6.45) is 0.510. The van der Waals surface area contributed by atoms with Gasteiger partial charge in [0.15, 0.2) is 12.4 Å². The van der Waals surface area contributed by atoms with Crippen LogP contribution >= 0.6 is 0 Å². The Kier molecular flexibility index (Phi) is 4.88. The summed E-state index contributed by atoms with van der Waals surface area (Å²) in [4.78, 5) is 24.3. The fourth-order valence-electron chi connectivity index (χ4n) is 3.33. The van der Waals surface area contributed by atoms with E-state index in [1.165, 1.54) is 5.56 Å². The van der Waals surface area contributed by atoms with E-state index in [-0.39, 0.29) is 24.2 Å². The highest BCUT2D eigenvalue weighted by molar-refractivity contribution is 6.04. The number of rotatable bonds is 5. The number of ketones is 1. The lowest BCUT2D eigenvalue weighted by molar-refractivity contribution is -0.123. The molecule has 0 heterocycles. The van der Waals surface area contributed by atoms with Crippen LogP contribution in [0.3, 0.4) is 0 Å². The molecule has 0 saturated carbocycles. The van der Waals surface area contributed by atoms with Gasteiger partial charge in [-0.3, -0.25) is 9.59 Å². The lowest BCUT2D eigenvalue weighted by Gasteiger charge is -2.13. The standard InChI is InChI=1S/C21H23NO3/c1-13-4-7-16(8-5-13)11-22-19(24)12-25-18-9-6-14(2)20-15(3)10-17(23)21(18)20/h4-9,15H,10-12H2,1-3H3,(H,22,24). The first-order chi connectivity index (χ1) is 12.0. The number of Topliss-reactive ketones (excluding diaryl/α,β-unsaturated/α-hetero) is 1. The van der Waals surface area contributed by atoms with Crippen molar-refractivity contribution in [1.82, 2.24) is 5.32 Å². The molecule has 0 bridgehead atoms. The molecule has 3 rings (SSSR count). The van der Waals surface area contributed by atoms with Gasteiger partial charge in [0.05, 0.1) is 5.56 Å². The van der Waals surface area contributed by atoms with E-state index < -0.39 is 0 Å². The van der Waals surface area contributed by atoms with Crippen molar-refractivity contribution in [3.05, 3.63) is 64.2 Å². The Labute approximate surface area is 148 Å². The van der Waals surface area contributed by atoms with E-state index in [0.29, 0.717) is 24.3 Å². The number of hydrogen-bond donors (Lipinski definition) is 1. The summed E-state index contributed by atoms with van der Waals surface area (Å²) in [5.74, 6) is 0.622. The van der Waals surface area contributed by atoms with Gasteiger partial charge in [0.2, 0.25) is 0 Å². The van der Waals surface area contributed by atoms with Crippen LogP contribution in [0.5, 0.6) is 5.75 Å². The minimum absolute atomic E-state index is 0.0942. The predicted molar refractivity (Wildman–Crippen MR) is 97.1 cm³/mol. The smallest absolute Gasteiger partial charge is 0.258 e. The maximum absolute atomic E-state index is 12.3. The van der Waals surface area contributed by atoms with Crippen molar-refractivity contribution in [2.75, 3.05) is 6.61 Å². The fraction of sp³-hybridized carbons (Fsp3) is 0.333. The molecule has 130 valence electrons. The molecule has 0 saturated heterocycles. The van der Waals surface area contributed by atoms with E-state index in [9.17, 15) is 9.59 Å². The molecule has 25 heavy (non-hydrogen) atoms. The summed E-state index contributed by atoms with van der Waals surface area (Å²) in [7, 11) is 0. The third-order valence-electron chi connectivity index (χ3n) is 4.66. The van der Waals surface area contributed by atoms with Crippen molar-refractivity contribution in [2.45, 2.75) is 39.7 Å². The van der Waals surface area contributed by atoms with Crippen molar-refractivity contribution >= 4 is 11.7 Å². The van der Waals surface area contributed by atoms with E-state index in [4.69, 9.17) is 4.74 Å². The van der Waals surface area contributed by atoms with Crippen LogP contribution in [0.1, 0.15) is 51.9 Å². The average molecular weight is 337 g/mol. The minimum atomic E-state index is -0.201. The van der Waals surface area contributed by atoms with Crippen LogP contribution < -0.4 is 10.1 Å². The number of ether oxygens (including phenoxy) is 1. The van der Waals surface area contributed by atoms with E-state index in [0.717, 1.165) is 16.7 Å². The molecule has 0 spiro atoms. The van der Waals surface area contributed by atoms with Crippen molar-refractivity contribution in [3.8, 4) is 5.75 Å². The Morgan fingerprint density at radius 2 is 1.88 bits per heavy atom. The quantitative estimate of drug-likeness (QED) is 0.905. The van der Waals surface area contributed by atoms with Gasteiger partial charge in [0, 0.05) is 13.0 Å². The third kappa shape index (κ3) is 3.73. The molecule has 0 aliphatic heterocycles. The van der Waals surface area contributed by atoms with Crippen LogP contribution in [0.4, 0.5) is 0 Å². The molecule has 1 amide bonds. The van der Waals surface area contributed by atoms with E-state index in [1.807, 2.05) is 44.2 Å². The van der Waals surface area contributed by atoms with E-state index >= 15 is 0 Å².